The van der Waals surface area contributed by atoms with Crippen molar-refractivity contribution in [1.82, 2.24) is 4.98 Å². The van der Waals surface area contributed by atoms with Gasteiger partial charge >= 0.3 is 5.97 Å². The third kappa shape index (κ3) is 4.86. The number of ketones is 1. The van der Waals surface area contributed by atoms with Crippen molar-refractivity contribution in [2.75, 3.05) is 7.11 Å². The van der Waals surface area contributed by atoms with Crippen LogP contribution in [0.25, 0.3) is 16.5 Å². The number of hydrogen-bond acceptors (Lipinski definition) is 4. The van der Waals surface area contributed by atoms with Gasteiger partial charge in [-0.15, -0.1) is 0 Å². The lowest BCUT2D eigenvalue weighted by Gasteiger charge is -2.12. The number of hydrogen-bond donors (Lipinski definition) is 0. The summed E-state index contributed by atoms with van der Waals surface area (Å²) in [4.78, 5) is 29.9. The van der Waals surface area contributed by atoms with Gasteiger partial charge in [0.2, 0.25) is 0 Å². The van der Waals surface area contributed by atoms with Crippen LogP contribution in [0.15, 0.2) is 85.4 Å². The lowest BCUT2D eigenvalue weighted by molar-refractivity contribution is 0.0599. The second-order valence-corrected chi connectivity index (χ2v) is 8.07. The minimum Gasteiger partial charge on any atom is -0.465 e. The van der Waals surface area contributed by atoms with E-state index in [0.29, 0.717) is 33.8 Å². The Kier molecular flexibility index (Phi) is 6.66. The molecule has 4 nitrogen and oxygen atoms in total. The van der Waals surface area contributed by atoms with Crippen molar-refractivity contribution in [2.45, 2.75) is 12.8 Å². The highest BCUT2D eigenvalue weighted by molar-refractivity contribution is 6.31. The number of fused-ring (bicyclic) bond motifs is 1. The molecule has 3 aromatic carbocycles. The van der Waals surface area contributed by atoms with Crippen molar-refractivity contribution in [3.8, 4) is 0 Å². The van der Waals surface area contributed by atoms with Crippen molar-refractivity contribution in [3.05, 3.63) is 118 Å². The number of rotatable bonds is 7. The average Bonchev–Trinajstić information content (AvgIpc) is 2.86. The van der Waals surface area contributed by atoms with E-state index in [1.165, 1.54) is 7.11 Å². The summed E-state index contributed by atoms with van der Waals surface area (Å²) in [6, 6.07) is 24.0. The molecule has 164 valence electrons. The van der Waals surface area contributed by atoms with E-state index in [1.807, 2.05) is 60.7 Å². The number of benzene rings is 3. The Bertz CT molecular complexity index is 1380. The number of esters is 1. The molecule has 1 heterocycles. The second kappa shape index (κ2) is 9.80. The fraction of sp³-hybridized carbons (Fsp3) is 0.107. The van der Waals surface area contributed by atoms with Crippen LogP contribution in [0.5, 0.6) is 0 Å². The average molecular weight is 456 g/mol. The maximum absolute atomic E-state index is 13.2. The fourth-order valence-corrected chi connectivity index (χ4v) is 3.98. The largest absolute Gasteiger partial charge is 0.465 e. The molecule has 0 saturated heterocycles. The molecule has 0 radical (unpaired) electrons. The molecule has 5 heteroatoms. The topological polar surface area (TPSA) is 56.3 Å². The van der Waals surface area contributed by atoms with E-state index < -0.39 is 5.97 Å². The van der Waals surface area contributed by atoms with Gasteiger partial charge in [-0.2, -0.15) is 0 Å². The van der Waals surface area contributed by atoms with Crippen LogP contribution in [-0.2, 0) is 11.2 Å². The van der Waals surface area contributed by atoms with Crippen LogP contribution < -0.4 is 0 Å². The van der Waals surface area contributed by atoms with Gasteiger partial charge in [0.15, 0.2) is 5.78 Å². The number of carbonyl (C=O) groups is 2. The minimum atomic E-state index is -0.408. The molecule has 0 N–H and O–H groups in total. The van der Waals surface area contributed by atoms with E-state index in [9.17, 15) is 9.59 Å². The lowest BCUT2D eigenvalue weighted by Crippen LogP contribution is -2.09. The van der Waals surface area contributed by atoms with Crippen molar-refractivity contribution in [1.29, 1.82) is 0 Å². The first-order valence-corrected chi connectivity index (χ1v) is 10.9. The van der Waals surface area contributed by atoms with Gasteiger partial charge in [-0.3, -0.25) is 4.79 Å². The maximum atomic E-state index is 13.2. The van der Waals surface area contributed by atoms with E-state index >= 15 is 0 Å². The van der Waals surface area contributed by atoms with Crippen LogP contribution in [0.3, 0.4) is 0 Å². The molecule has 0 fully saturated rings. The predicted octanol–water partition coefficient (Wildman–Crippen LogP) is 6.55. The van der Waals surface area contributed by atoms with E-state index in [4.69, 9.17) is 21.3 Å². The number of aromatic nitrogens is 1. The molecule has 0 unspecified atom stereocenters. The summed E-state index contributed by atoms with van der Waals surface area (Å²) in [5.41, 5.74) is 4.68. The van der Waals surface area contributed by atoms with Crippen LogP contribution in [-0.4, -0.2) is 23.8 Å². The Hall–Kier alpha value is -3.76. The third-order valence-corrected chi connectivity index (χ3v) is 5.80. The van der Waals surface area contributed by atoms with Gasteiger partial charge in [-0.05, 0) is 41.8 Å². The number of Topliss-reactive ketones (excluding diaryl/α,β-unsaturated/α-hetero) is 1. The highest BCUT2D eigenvalue weighted by atomic mass is 35.5. The fourth-order valence-electron chi connectivity index (χ4n) is 3.82. The Morgan fingerprint density at radius 2 is 1.58 bits per heavy atom. The first-order valence-electron chi connectivity index (χ1n) is 10.5. The van der Waals surface area contributed by atoms with Gasteiger partial charge < -0.3 is 4.74 Å². The molecular formula is C28H22ClNO3. The standard InChI is InChI=1S/C28H22ClNO3/c1-18(25-15-12-20-11-14-21(29)17-26(20)30-25)22-8-5-6-10-24(22)27(31)16-13-19-7-3-4-9-23(19)28(32)33-2/h3-12,14-15,17H,1,13,16H2,2H3. The van der Waals surface area contributed by atoms with Crippen LogP contribution in [0.1, 0.15) is 44.0 Å². The second-order valence-electron chi connectivity index (χ2n) is 7.63. The lowest BCUT2D eigenvalue weighted by atomic mass is 9.92. The molecule has 0 amide bonds. The SMILES string of the molecule is C=C(c1ccc2ccc(Cl)cc2n1)c1ccccc1C(=O)CCc1ccccc1C(=O)OC. The Morgan fingerprint density at radius 3 is 2.33 bits per heavy atom. The summed E-state index contributed by atoms with van der Waals surface area (Å²) in [5.74, 6) is -0.440. The van der Waals surface area contributed by atoms with Gasteiger partial charge in [0.05, 0.1) is 23.9 Å². The molecular weight excluding hydrogens is 434 g/mol. The van der Waals surface area contributed by atoms with Gasteiger partial charge in [0.25, 0.3) is 0 Å². The maximum Gasteiger partial charge on any atom is 0.338 e. The number of nitrogens with zero attached hydrogens (tertiary/aromatic N) is 1. The van der Waals surface area contributed by atoms with Gasteiger partial charge in [-0.1, -0.05) is 72.8 Å². The van der Waals surface area contributed by atoms with E-state index in [-0.39, 0.29) is 12.2 Å². The zero-order chi connectivity index (χ0) is 23.4. The van der Waals surface area contributed by atoms with Crippen molar-refractivity contribution in [3.63, 3.8) is 0 Å². The summed E-state index contributed by atoms with van der Waals surface area (Å²) in [5, 5.41) is 1.59. The van der Waals surface area contributed by atoms with Crippen molar-refractivity contribution >= 4 is 39.8 Å². The summed E-state index contributed by atoms with van der Waals surface area (Å²) >= 11 is 6.12. The van der Waals surface area contributed by atoms with Crippen molar-refractivity contribution in [2.24, 2.45) is 0 Å². The molecule has 0 aliphatic carbocycles. The number of carbonyl (C=O) groups excluding carboxylic acids is 2. The van der Waals surface area contributed by atoms with Crippen LogP contribution >= 0.6 is 11.6 Å². The summed E-state index contributed by atoms with van der Waals surface area (Å²) in [6.07, 6.45) is 0.677. The summed E-state index contributed by atoms with van der Waals surface area (Å²) < 4.78 is 4.86. The quantitative estimate of drug-likeness (QED) is 0.234. The molecule has 0 spiro atoms. The Labute approximate surface area is 197 Å². The van der Waals surface area contributed by atoms with Gasteiger partial charge in [0.1, 0.15) is 0 Å². The van der Waals surface area contributed by atoms with Gasteiger partial charge in [0, 0.05) is 28.0 Å². The van der Waals surface area contributed by atoms with Crippen LogP contribution in [0, 0.1) is 0 Å². The summed E-state index contributed by atoms with van der Waals surface area (Å²) in [7, 11) is 1.35. The highest BCUT2D eigenvalue weighted by Crippen LogP contribution is 2.27. The van der Waals surface area contributed by atoms with E-state index in [1.54, 1.807) is 18.2 Å². The molecule has 33 heavy (non-hydrogen) atoms. The first-order chi connectivity index (χ1) is 16.0. The molecule has 0 aliphatic heterocycles. The number of halogens is 1. The molecule has 0 bridgehead atoms. The summed E-state index contributed by atoms with van der Waals surface area (Å²) in [6.45, 7) is 4.23. The van der Waals surface area contributed by atoms with Crippen molar-refractivity contribution < 1.29 is 14.3 Å². The molecule has 0 atom stereocenters. The zero-order valence-corrected chi connectivity index (χ0v) is 18.9. The molecule has 4 aromatic rings. The van der Waals surface area contributed by atoms with E-state index in [2.05, 4.69) is 6.58 Å². The predicted molar refractivity (Wildman–Crippen MR) is 132 cm³/mol. The number of aryl methyl sites for hydroxylation is 1. The number of pyridine rings is 1. The normalized spacial score (nSPS) is 10.7. The van der Waals surface area contributed by atoms with Crippen LogP contribution in [0.2, 0.25) is 5.02 Å². The zero-order valence-electron chi connectivity index (χ0n) is 18.2. The third-order valence-electron chi connectivity index (χ3n) is 5.56. The minimum absolute atomic E-state index is 0.0322. The van der Waals surface area contributed by atoms with Gasteiger partial charge in [-0.25, -0.2) is 9.78 Å². The number of ether oxygens (including phenoxy) is 1. The molecule has 1 aromatic heterocycles. The molecule has 0 aliphatic rings. The molecule has 0 saturated carbocycles. The van der Waals surface area contributed by atoms with Crippen LogP contribution in [0.4, 0.5) is 0 Å². The highest BCUT2D eigenvalue weighted by Gasteiger charge is 2.17. The number of methoxy groups -OCH3 is 1. The van der Waals surface area contributed by atoms with E-state index in [0.717, 1.165) is 22.0 Å². The monoisotopic (exact) mass is 455 g/mol. The molecule has 4 rings (SSSR count). The Morgan fingerprint density at radius 1 is 0.909 bits per heavy atom. The smallest absolute Gasteiger partial charge is 0.338 e. The first kappa shape index (κ1) is 22.4. The Balaban J connectivity index is 1.59.